The first-order chi connectivity index (χ1) is 8.99. The van der Waals surface area contributed by atoms with Crippen molar-refractivity contribution >= 4 is 5.91 Å². The molecule has 1 aromatic carbocycles. The van der Waals surface area contributed by atoms with Gasteiger partial charge in [-0.05, 0) is 44.3 Å². The number of rotatable bonds is 7. The minimum Gasteiger partial charge on any atom is -0.493 e. The predicted octanol–water partition coefficient (Wildman–Crippen LogP) is 1.19. The molecule has 0 unspecified atom stereocenters. The van der Waals surface area contributed by atoms with Crippen molar-refractivity contribution in [2.75, 3.05) is 33.8 Å². The van der Waals surface area contributed by atoms with Crippen molar-refractivity contribution in [1.29, 1.82) is 0 Å². The summed E-state index contributed by atoms with van der Waals surface area (Å²) in [5.74, 6) is 1.25. The van der Waals surface area contributed by atoms with E-state index in [9.17, 15) is 4.79 Å². The zero-order valence-corrected chi connectivity index (χ0v) is 12.8. The molecule has 1 rings (SSSR count). The predicted molar refractivity (Wildman–Crippen MR) is 81.3 cm³/mol. The van der Waals surface area contributed by atoms with Crippen molar-refractivity contribution in [2.24, 2.45) is 5.92 Å². The number of nitrogens with zero attached hydrogens (tertiary/aromatic N) is 1. The maximum absolute atomic E-state index is 11.8. The maximum atomic E-state index is 11.8. The lowest BCUT2D eigenvalue weighted by molar-refractivity contribution is 0.0951. The van der Waals surface area contributed by atoms with E-state index in [0.717, 1.165) is 12.3 Å². The Labute approximate surface area is 121 Å². The lowest BCUT2D eigenvalue weighted by Crippen LogP contribution is -2.31. The van der Waals surface area contributed by atoms with Gasteiger partial charge in [-0.1, -0.05) is 13.8 Å². The van der Waals surface area contributed by atoms with E-state index in [-0.39, 0.29) is 11.4 Å². The van der Waals surface area contributed by atoms with Crippen LogP contribution in [0.1, 0.15) is 24.2 Å². The quantitative estimate of drug-likeness (QED) is 0.816. The maximum Gasteiger partial charge on any atom is 0.251 e. The molecule has 0 radical (unpaired) electrons. The minimum atomic E-state index is -0.0442. The molecular weight excluding hydrogens is 256 g/mol. The first-order valence-electron chi connectivity index (χ1n) is 6.65. The summed E-state index contributed by atoms with van der Waals surface area (Å²) in [6.07, 6.45) is 0. The Morgan fingerprint density at radius 3 is 2.35 bits per heavy atom. The molecule has 0 aliphatic carbocycles. The third-order valence-corrected chi connectivity index (χ3v) is 2.54. The van der Waals surface area contributed by atoms with Gasteiger partial charge in [0.15, 0.2) is 0 Å². The molecular formula is C15H26N2O3. The summed E-state index contributed by atoms with van der Waals surface area (Å²) in [4.78, 5) is 13.9. The van der Waals surface area contributed by atoms with Gasteiger partial charge in [-0.25, -0.2) is 0 Å². The number of likely N-dealkylation sites (N-methyl/N-ethyl adjacent to an activating group) is 1. The molecule has 1 aromatic rings. The molecule has 0 atom stereocenters. The fourth-order valence-corrected chi connectivity index (χ4v) is 1.46. The van der Waals surface area contributed by atoms with Gasteiger partial charge in [0.05, 0.1) is 6.61 Å². The van der Waals surface area contributed by atoms with Gasteiger partial charge in [-0.15, -0.1) is 0 Å². The third-order valence-electron chi connectivity index (χ3n) is 2.54. The van der Waals surface area contributed by atoms with E-state index in [1.54, 1.807) is 12.1 Å². The molecule has 0 spiro atoms. The van der Waals surface area contributed by atoms with Gasteiger partial charge < -0.3 is 20.4 Å². The van der Waals surface area contributed by atoms with E-state index in [1.807, 2.05) is 31.1 Å². The standard InChI is InChI=1S/C15H24N2O2.H2O/c1-12(2)11-19-14-7-5-13(6-8-14)15(18)16-9-10-17(3)4;/h5-8,12H,9-11H2,1-4H3,(H,16,18);1H2. The fourth-order valence-electron chi connectivity index (χ4n) is 1.46. The molecule has 20 heavy (non-hydrogen) atoms. The van der Waals surface area contributed by atoms with Crippen LogP contribution in [0.5, 0.6) is 5.75 Å². The summed E-state index contributed by atoms with van der Waals surface area (Å²) >= 11 is 0. The van der Waals surface area contributed by atoms with Gasteiger partial charge in [0, 0.05) is 18.7 Å². The SMILES string of the molecule is CC(C)COc1ccc(C(=O)NCCN(C)C)cc1.O. The summed E-state index contributed by atoms with van der Waals surface area (Å²) < 4.78 is 5.58. The number of amides is 1. The van der Waals surface area contributed by atoms with Gasteiger partial charge in [-0.2, -0.15) is 0 Å². The highest BCUT2D eigenvalue weighted by Crippen LogP contribution is 2.13. The highest BCUT2D eigenvalue weighted by atomic mass is 16.5. The summed E-state index contributed by atoms with van der Waals surface area (Å²) in [6.45, 7) is 6.38. The van der Waals surface area contributed by atoms with Crippen LogP contribution in [-0.2, 0) is 0 Å². The topological polar surface area (TPSA) is 73.1 Å². The highest BCUT2D eigenvalue weighted by Gasteiger charge is 2.05. The molecule has 0 bridgehead atoms. The van der Waals surface area contributed by atoms with E-state index in [0.29, 0.717) is 24.6 Å². The average molecular weight is 282 g/mol. The lowest BCUT2D eigenvalue weighted by atomic mass is 10.2. The third kappa shape index (κ3) is 7.11. The Morgan fingerprint density at radius 1 is 1.25 bits per heavy atom. The Morgan fingerprint density at radius 2 is 1.85 bits per heavy atom. The van der Waals surface area contributed by atoms with Gasteiger partial charge in [0.2, 0.25) is 0 Å². The molecule has 0 saturated heterocycles. The van der Waals surface area contributed by atoms with Crippen LogP contribution in [0.3, 0.4) is 0 Å². The van der Waals surface area contributed by atoms with Crippen molar-refractivity contribution in [1.82, 2.24) is 10.2 Å². The van der Waals surface area contributed by atoms with Crippen molar-refractivity contribution in [3.63, 3.8) is 0 Å². The number of carbonyl (C=O) groups excluding carboxylic acids is 1. The molecule has 5 heteroatoms. The number of ether oxygens (including phenoxy) is 1. The van der Waals surface area contributed by atoms with Crippen molar-refractivity contribution in [3.8, 4) is 5.75 Å². The fraction of sp³-hybridized carbons (Fsp3) is 0.533. The Balaban J connectivity index is 0.00000361. The molecule has 3 N–H and O–H groups in total. The molecule has 0 aliphatic heterocycles. The molecule has 0 saturated carbocycles. The smallest absolute Gasteiger partial charge is 0.251 e. The van der Waals surface area contributed by atoms with E-state index in [4.69, 9.17) is 4.74 Å². The zero-order chi connectivity index (χ0) is 14.3. The van der Waals surface area contributed by atoms with Crippen molar-refractivity contribution in [2.45, 2.75) is 13.8 Å². The van der Waals surface area contributed by atoms with Crippen LogP contribution in [0.15, 0.2) is 24.3 Å². The minimum absolute atomic E-state index is 0. The number of benzene rings is 1. The normalized spacial score (nSPS) is 10.3. The average Bonchev–Trinajstić information content (AvgIpc) is 2.36. The van der Waals surface area contributed by atoms with Crippen molar-refractivity contribution in [3.05, 3.63) is 29.8 Å². The molecule has 5 nitrogen and oxygen atoms in total. The van der Waals surface area contributed by atoms with Crippen LogP contribution in [-0.4, -0.2) is 50.1 Å². The Hall–Kier alpha value is -1.59. The van der Waals surface area contributed by atoms with Crippen LogP contribution < -0.4 is 10.1 Å². The molecule has 0 fully saturated rings. The van der Waals surface area contributed by atoms with E-state index < -0.39 is 0 Å². The summed E-state index contributed by atoms with van der Waals surface area (Å²) in [6, 6.07) is 7.26. The van der Waals surface area contributed by atoms with E-state index >= 15 is 0 Å². The van der Waals surface area contributed by atoms with Crippen LogP contribution in [0.2, 0.25) is 0 Å². The van der Waals surface area contributed by atoms with Gasteiger partial charge in [0.25, 0.3) is 5.91 Å². The van der Waals surface area contributed by atoms with Crippen LogP contribution in [0, 0.1) is 5.92 Å². The summed E-state index contributed by atoms with van der Waals surface area (Å²) in [7, 11) is 3.96. The second kappa shape index (κ2) is 9.34. The van der Waals surface area contributed by atoms with E-state index in [1.165, 1.54) is 0 Å². The van der Waals surface area contributed by atoms with Gasteiger partial charge in [0.1, 0.15) is 5.75 Å². The summed E-state index contributed by atoms with van der Waals surface area (Å²) in [5.41, 5.74) is 0.663. The molecule has 0 heterocycles. The van der Waals surface area contributed by atoms with Crippen LogP contribution in [0.4, 0.5) is 0 Å². The second-order valence-corrected chi connectivity index (χ2v) is 5.29. The Bertz CT molecular complexity index is 389. The van der Waals surface area contributed by atoms with Gasteiger partial charge in [-0.3, -0.25) is 4.79 Å². The van der Waals surface area contributed by atoms with E-state index in [2.05, 4.69) is 19.2 Å². The lowest BCUT2D eigenvalue weighted by Gasteiger charge is -2.11. The number of nitrogens with one attached hydrogen (secondary N) is 1. The highest BCUT2D eigenvalue weighted by molar-refractivity contribution is 5.94. The molecule has 0 aliphatic rings. The van der Waals surface area contributed by atoms with Crippen LogP contribution >= 0.6 is 0 Å². The monoisotopic (exact) mass is 282 g/mol. The number of hydrogen-bond donors (Lipinski definition) is 1. The number of hydrogen-bond acceptors (Lipinski definition) is 3. The zero-order valence-electron chi connectivity index (χ0n) is 12.8. The van der Waals surface area contributed by atoms with Crippen LogP contribution in [0.25, 0.3) is 0 Å². The first kappa shape index (κ1) is 18.4. The molecule has 114 valence electrons. The van der Waals surface area contributed by atoms with Gasteiger partial charge >= 0.3 is 0 Å². The molecule has 1 amide bonds. The molecule has 0 aromatic heterocycles. The number of carbonyl (C=O) groups is 1. The largest absolute Gasteiger partial charge is 0.493 e. The Kier molecular flexibility index (Phi) is 8.59. The van der Waals surface area contributed by atoms with Crippen molar-refractivity contribution < 1.29 is 15.0 Å². The summed E-state index contributed by atoms with van der Waals surface area (Å²) in [5, 5.41) is 2.88. The first-order valence-corrected chi connectivity index (χ1v) is 6.65. The second-order valence-electron chi connectivity index (χ2n) is 5.29.